The van der Waals surface area contributed by atoms with Crippen LogP contribution in [0.3, 0.4) is 0 Å². The van der Waals surface area contributed by atoms with Gasteiger partial charge in [0, 0.05) is 7.05 Å². The van der Waals surface area contributed by atoms with Gasteiger partial charge in [-0.1, -0.05) is 34.1 Å². The van der Waals surface area contributed by atoms with E-state index in [0.717, 1.165) is 12.8 Å². The minimum Gasteiger partial charge on any atom is -0.322 e. The lowest BCUT2D eigenvalue weighted by atomic mass is 9.75. The van der Waals surface area contributed by atoms with Crippen LogP contribution in [0.2, 0.25) is 0 Å². The van der Waals surface area contributed by atoms with Crippen LogP contribution in [0.5, 0.6) is 0 Å². The third kappa shape index (κ3) is 7.12. The van der Waals surface area contributed by atoms with E-state index in [1.807, 2.05) is 13.8 Å². The summed E-state index contributed by atoms with van der Waals surface area (Å²) in [6.07, 6.45) is 3.27. The van der Waals surface area contributed by atoms with E-state index in [9.17, 15) is 8.42 Å². The molecule has 0 fully saturated rings. The number of nitrogens with two attached hydrogens (primary N) is 1. The summed E-state index contributed by atoms with van der Waals surface area (Å²) in [6, 6.07) is -0.443. The van der Waals surface area contributed by atoms with Crippen LogP contribution in [-0.4, -0.2) is 31.8 Å². The molecule has 0 aromatic rings. The summed E-state index contributed by atoms with van der Waals surface area (Å²) in [6.45, 7) is 8.32. The second-order valence-electron chi connectivity index (χ2n) is 5.86. The molecule has 6 nitrogen and oxygen atoms in total. The molecule has 0 aromatic heterocycles. The molecule has 0 amide bonds. The van der Waals surface area contributed by atoms with Gasteiger partial charge < -0.3 is 5.73 Å². The first-order valence-corrected chi connectivity index (χ1v) is 8.35. The van der Waals surface area contributed by atoms with Crippen LogP contribution in [0.1, 0.15) is 40.5 Å². The zero-order valence-electron chi connectivity index (χ0n) is 13.0. The first-order valence-electron chi connectivity index (χ1n) is 6.74. The van der Waals surface area contributed by atoms with Crippen molar-refractivity contribution >= 4 is 10.1 Å². The van der Waals surface area contributed by atoms with Crippen molar-refractivity contribution in [1.29, 1.82) is 0 Å². The van der Waals surface area contributed by atoms with Gasteiger partial charge in [0.25, 0.3) is 10.1 Å². The lowest BCUT2D eigenvalue weighted by molar-refractivity contribution is 0.237. The largest absolute Gasteiger partial charge is 0.322 e. The lowest BCUT2D eigenvalue weighted by Crippen LogP contribution is -2.39. The second kappa shape index (κ2) is 7.85. The topological polar surface area (TPSA) is 105 Å². The SMILES string of the molecule is CCC(C)CC(C)(C)[C@@H](N)C(=C\CS(=O)(=O)O)/N=N/C. The Kier molecular flexibility index (Phi) is 7.54. The predicted octanol–water partition coefficient (Wildman–Crippen LogP) is 2.63. The minimum absolute atomic E-state index is 0.241. The average Bonchev–Trinajstić information content (AvgIpc) is 2.31. The van der Waals surface area contributed by atoms with E-state index in [-0.39, 0.29) is 5.41 Å². The van der Waals surface area contributed by atoms with Gasteiger partial charge in [-0.15, -0.1) is 0 Å². The number of nitrogens with zero attached hydrogens (tertiary/aromatic N) is 2. The van der Waals surface area contributed by atoms with Crippen molar-refractivity contribution in [2.75, 3.05) is 12.8 Å². The molecule has 0 bridgehead atoms. The van der Waals surface area contributed by atoms with Crippen molar-refractivity contribution in [1.82, 2.24) is 0 Å². The lowest BCUT2D eigenvalue weighted by Gasteiger charge is -2.33. The van der Waals surface area contributed by atoms with Crippen molar-refractivity contribution < 1.29 is 13.0 Å². The molecule has 1 unspecified atom stereocenters. The van der Waals surface area contributed by atoms with Crippen molar-refractivity contribution in [2.45, 2.75) is 46.6 Å². The van der Waals surface area contributed by atoms with Crippen LogP contribution in [0.15, 0.2) is 22.0 Å². The normalized spacial score (nSPS) is 17.4. The van der Waals surface area contributed by atoms with E-state index in [1.165, 1.54) is 13.1 Å². The highest BCUT2D eigenvalue weighted by Crippen LogP contribution is 2.33. The molecule has 0 aromatic carbocycles. The van der Waals surface area contributed by atoms with Crippen molar-refractivity contribution in [3.8, 4) is 0 Å². The highest BCUT2D eigenvalue weighted by atomic mass is 32.2. The van der Waals surface area contributed by atoms with Crippen LogP contribution < -0.4 is 5.73 Å². The summed E-state index contributed by atoms with van der Waals surface area (Å²) >= 11 is 0. The van der Waals surface area contributed by atoms with Gasteiger partial charge in [-0.2, -0.15) is 18.6 Å². The van der Waals surface area contributed by atoms with Gasteiger partial charge in [-0.3, -0.25) is 4.55 Å². The zero-order valence-corrected chi connectivity index (χ0v) is 13.8. The molecule has 0 aliphatic heterocycles. The van der Waals surface area contributed by atoms with Gasteiger partial charge in [0.2, 0.25) is 0 Å². The van der Waals surface area contributed by atoms with E-state index in [2.05, 4.69) is 24.1 Å². The van der Waals surface area contributed by atoms with Crippen LogP contribution in [0.25, 0.3) is 0 Å². The Balaban J connectivity index is 5.18. The molecule has 0 saturated heterocycles. The summed E-state index contributed by atoms with van der Waals surface area (Å²) in [5.74, 6) is 0.00603. The summed E-state index contributed by atoms with van der Waals surface area (Å²) in [4.78, 5) is 0. The smallest absolute Gasteiger partial charge is 0.268 e. The quantitative estimate of drug-likeness (QED) is 0.531. The van der Waals surface area contributed by atoms with Gasteiger partial charge in [-0.05, 0) is 23.8 Å². The summed E-state index contributed by atoms with van der Waals surface area (Å²) in [5.41, 5.74) is 6.36. The fraction of sp³-hybridized carbons (Fsp3) is 0.846. The van der Waals surface area contributed by atoms with E-state index >= 15 is 0 Å². The predicted molar refractivity (Wildman–Crippen MR) is 81.1 cm³/mol. The van der Waals surface area contributed by atoms with E-state index in [4.69, 9.17) is 10.3 Å². The Morgan fingerprint density at radius 1 is 1.45 bits per heavy atom. The first kappa shape index (κ1) is 19.2. The summed E-state index contributed by atoms with van der Waals surface area (Å²) in [7, 11) is -2.58. The van der Waals surface area contributed by atoms with Crippen molar-refractivity contribution in [3.05, 3.63) is 11.8 Å². The van der Waals surface area contributed by atoms with E-state index < -0.39 is 21.9 Å². The van der Waals surface area contributed by atoms with Crippen LogP contribution in [0, 0.1) is 11.3 Å². The molecule has 0 aliphatic rings. The molecule has 0 rings (SSSR count). The Bertz CT molecular complexity index is 455. The Hall–Kier alpha value is -0.790. The highest BCUT2D eigenvalue weighted by molar-refractivity contribution is 7.85. The van der Waals surface area contributed by atoms with Gasteiger partial charge >= 0.3 is 0 Å². The van der Waals surface area contributed by atoms with Gasteiger partial charge in [0.15, 0.2) is 0 Å². The molecule has 0 aliphatic carbocycles. The Morgan fingerprint density at radius 3 is 2.40 bits per heavy atom. The molecule has 7 heteroatoms. The molecule has 2 atom stereocenters. The maximum absolute atomic E-state index is 10.8. The molecule has 0 heterocycles. The second-order valence-corrected chi connectivity index (χ2v) is 7.36. The van der Waals surface area contributed by atoms with Crippen LogP contribution in [-0.2, 0) is 10.1 Å². The maximum atomic E-state index is 10.8. The average molecular weight is 305 g/mol. The highest BCUT2D eigenvalue weighted by Gasteiger charge is 2.31. The maximum Gasteiger partial charge on any atom is 0.268 e. The fourth-order valence-electron chi connectivity index (χ4n) is 2.11. The Labute approximate surface area is 122 Å². The first-order chi connectivity index (χ1) is 9.03. The molecular formula is C13H27N3O3S. The summed E-state index contributed by atoms with van der Waals surface area (Å²) in [5, 5.41) is 7.58. The molecule has 118 valence electrons. The fourth-order valence-corrected chi connectivity index (χ4v) is 2.49. The summed E-state index contributed by atoms with van der Waals surface area (Å²) < 4.78 is 30.5. The van der Waals surface area contributed by atoms with E-state index in [0.29, 0.717) is 11.6 Å². The third-order valence-electron chi connectivity index (χ3n) is 3.45. The van der Waals surface area contributed by atoms with Gasteiger partial charge in [0.1, 0.15) is 0 Å². The zero-order chi connectivity index (χ0) is 16.0. The number of hydrogen-bond acceptors (Lipinski definition) is 5. The van der Waals surface area contributed by atoms with Crippen LogP contribution in [0.4, 0.5) is 0 Å². The van der Waals surface area contributed by atoms with Gasteiger partial charge in [0.05, 0.1) is 17.5 Å². The Morgan fingerprint density at radius 2 is 2.00 bits per heavy atom. The molecule has 0 saturated carbocycles. The van der Waals surface area contributed by atoms with Crippen molar-refractivity contribution in [2.24, 2.45) is 27.3 Å². The van der Waals surface area contributed by atoms with Gasteiger partial charge in [-0.25, -0.2) is 0 Å². The minimum atomic E-state index is -4.08. The third-order valence-corrected chi connectivity index (χ3v) is 4.04. The molecule has 3 N–H and O–H groups in total. The monoisotopic (exact) mass is 305 g/mol. The van der Waals surface area contributed by atoms with Crippen molar-refractivity contribution in [3.63, 3.8) is 0 Å². The van der Waals surface area contributed by atoms with Crippen LogP contribution >= 0.6 is 0 Å². The number of rotatable bonds is 8. The molecule has 20 heavy (non-hydrogen) atoms. The standard InChI is InChI=1S/C13H27N3O3S/c1-6-10(2)9-13(3,4)12(14)11(16-15-5)7-8-20(17,18)19/h7,10,12H,6,8-9,14H2,1-5H3,(H,17,18,19)/b11-7+,16-15+/t10?,12-/m0/s1. The molecular weight excluding hydrogens is 278 g/mol. The van der Waals surface area contributed by atoms with E-state index in [1.54, 1.807) is 0 Å². The number of azo groups is 1. The number of hydrogen-bond donors (Lipinski definition) is 2. The molecule has 0 spiro atoms. The molecule has 0 radical (unpaired) electrons.